The van der Waals surface area contributed by atoms with Crippen LogP contribution < -0.4 is 0 Å². The van der Waals surface area contributed by atoms with Gasteiger partial charge < -0.3 is 0 Å². The summed E-state index contributed by atoms with van der Waals surface area (Å²) in [4.78, 5) is 0. The van der Waals surface area contributed by atoms with Crippen molar-refractivity contribution in [2.24, 2.45) is 5.92 Å². The Morgan fingerprint density at radius 2 is 1.69 bits per heavy atom. The van der Waals surface area contributed by atoms with Gasteiger partial charge in [-0.15, -0.1) is 37.2 Å². The van der Waals surface area contributed by atoms with Crippen molar-refractivity contribution in [1.29, 1.82) is 0 Å². The standard InChI is InChI=1S/C8H17O.3ClH.Zr/c1-3-5-6-8(4-2)7-9;;;;/h8H,3-7H2,1-2H3;3*1H;/q-1;;;;+1. The Hall–Kier alpha value is 1.71. The van der Waals surface area contributed by atoms with Gasteiger partial charge in [0.1, 0.15) is 0 Å². The van der Waals surface area contributed by atoms with Crippen LogP contribution in [0.15, 0.2) is 0 Å². The molecule has 0 radical (unpaired) electrons. The maximum absolute atomic E-state index is 5.18. The minimum Gasteiger partial charge on any atom is -0.147 e. The SMILES string of the molecule is CCCCC(CC)C[O][Zr].Cl.Cl.Cl. The van der Waals surface area contributed by atoms with Gasteiger partial charge in [0.05, 0.1) is 0 Å². The predicted octanol–water partition coefficient (Wildman–Crippen LogP) is 3.95. The van der Waals surface area contributed by atoms with Crippen LogP contribution in [0.1, 0.15) is 39.5 Å². The Bertz CT molecular complexity index is 76.4. The van der Waals surface area contributed by atoms with Gasteiger partial charge in [0.25, 0.3) is 0 Å². The fraction of sp³-hybridized carbons (Fsp3) is 1.00. The fourth-order valence-electron chi connectivity index (χ4n) is 1.02. The van der Waals surface area contributed by atoms with Gasteiger partial charge in [-0.25, -0.2) is 0 Å². The molecule has 0 aromatic carbocycles. The number of hydrogen-bond donors (Lipinski definition) is 0. The van der Waals surface area contributed by atoms with Gasteiger partial charge in [-0.3, -0.25) is 0 Å². The van der Waals surface area contributed by atoms with E-state index in [1.54, 1.807) is 0 Å². The van der Waals surface area contributed by atoms with Gasteiger partial charge in [0, 0.05) is 0 Å². The van der Waals surface area contributed by atoms with E-state index in [-0.39, 0.29) is 37.2 Å². The van der Waals surface area contributed by atoms with Gasteiger partial charge >= 0.3 is 80.0 Å². The summed E-state index contributed by atoms with van der Waals surface area (Å²) in [7, 11) is 0. The van der Waals surface area contributed by atoms with E-state index < -0.39 is 0 Å². The maximum Gasteiger partial charge on any atom is -0.147 e. The Kier molecular flexibility index (Phi) is 35.8. The second kappa shape index (κ2) is 19.3. The Balaban J connectivity index is -0.000000135. The van der Waals surface area contributed by atoms with Crippen LogP contribution in [0.4, 0.5) is 0 Å². The third-order valence-electron chi connectivity index (χ3n) is 1.86. The van der Waals surface area contributed by atoms with E-state index in [4.69, 9.17) is 2.81 Å². The van der Waals surface area contributed by atoms with Gasteiger partial charge in [0.2, 0.25) is 0 Å². The summed E-state index contributed by atoms with van der Waals surface area (Å²) >= 11 is 1.21. The van der Waals surface area contributed by atoms with Gasteiger partial charge in [-0.05, 0) is 0 Å². The van der Waals surface area contributed by atoms with Crippen molar-refractivity contribution in [1.82, 2.24) is 0 Å². The quantitative estimate of drug-likeness (QED) is 0.717. The van der Waals surface area contributed by atoms with E-state index in [2.05, 4.69) is 13.8 Å². The summed E-state index contributed by atoms with van der Waals surface area (Å²) in [5, 5.41) is 0. The molecule has 0 amide bonds. The van der Waals surface area contributed by atoms with E-state index in [1.165, 1.54) is 50.8 Å². The first-order chi connectivity index (χ1) is 4.85. The van der Waals surface area contributed by atoms with Crippen LogP contribution >= 0.6 is 37.2 Å². The molecule has 0 saturated carbocycles. The molecule has 1 nitrogen and oxygen atoms in total. The average molecular weight is 330 g/mol. The Labute approximate surface area is 116 Å². The number of halogens is 3. The monoisotopic (exact) mass is 327 g/mol. The first kappa shape index (κ1) is 24.1. The van der Waals surface area contributed by atoms with Crippen LogP contribution in [-0.4, -0.2) is 6.61 Å². The van der Waals surface area contributed by atoms with Crippen LogP contribution in [0.5, 0.6) is 0 Å². The molecule has 0 saturated heterocycles. The molecule has 0 rings (SSSR count). The van der Waals surface area contributed by atoms with Gasteiger partial charge in [0.15, 0.2) is 0 Å². The third kappa shape index (κ3) is 16.4. The molecule has 0 spiro atoms. The molecule has 0 bridgehead atoms. The number of hydrogen-bond acceptors (Lipinski definition) is 1. The van der Waals surface area contributed by atoms with Crippen LogP contribution in [0, 0.1) is 5.92 Å². The zero-order valence-corrected chi connectivity index (χ0v) is 13.2. The van der Waals surface area contributed by atoms with Crippen molar-refractivity contribution in [3.05, 3.63) is 0 Å². The number of rotatable bonds is 6. The van der Waals surface area contributed by atoms with Crippen molar-refractivity contribution in [2.75, 3.05) is 6.61 Å². The van der Waals surface area contributed by atoms with Crippen molar-refractivity contribution in [2.45, 2.75) is 39.5 Å². The minimum absolute atomic E-state index is 0. The summed E-state index contributed by atoms with van der Waals surface area (Å²) in [6.45, 7) is 5.47. The predicted molar refractivity (Wildman–Crippen MR) is 61.0 cm³/mol. The van der Waals surface area contributed by atoms with Crippen LogP contribution in [-0.2, 0) is 28.0 Å². The minimum atomic E-state index is 0. The first-order valence-corrected chi connectivity index (χ1v) is 5.14. The molecule has 0 aliphatic carbocycles. The molecule has 5 heteroatoms. The molecular formula is C8H20Cl3OZr. The molecule has 0 aliphatic heterocycles. The van der Waals surface area contributed by atoms with E-state index in [9.17, 15) is 0 Å². The molecular weight excluding hydrogens is 310 g/mol. The first-order valence-electron chi connectivity index (χ1n) is 4.13. The molecule has 1 unspecified atom stereocenters. The van der Waals surface area contributed by atoms with Crippen molar-refractivity contribution in [3.8, 4) is 0 Å². The molecule has 0 N–H and O–H groups in total. The summed E-state index contributed by atoms with van der Waals surface area (Å²) in [6.07, 6.45) is 5.29. The average Bonchev–Trinajstić information content (AvgIpc) is 1.98. The topological polar surface area (TPSA) is 9.23 Å². The van der Waals surface area contributed by atoms with E-state index in [0.717, 1.165) is 12.5 Å². The smallest absolute Gasteiger partial charge is 0.147 e. The Morgan fingerprint density at radius 1 is 1.15 bits per heavy atom. The summed E-state index contributed by atoms with van der Waals surface area (Å²) in [6, 6.07) is 0. The van der Waals surface area contributed by atoms with Gasteiger partial charge in [-0.1, -0.05) is 0 Å². The van der Waals surface area contributed by atoms with Crippen LogP contribution in [0.3, 0.4) is 0 Å². The molecule has 83 valence electrons. The summed E-state index contributed by atoms with van der Waals surface area (Å²) in [5.74, 6) is 0.819. The second-order valence-electron chi connectivity index (χ2n) is 2.73. The van der Waals surface area contributed by atoms with Crippen molar-refractivity contribution >= 4 is 37.2 Å². The fourth-order valence-corrected chi connectivity index (χ4v) is 1.60. The zero-order chi connectivity index (χ0) is 7.82. The molecule has 1 atom stereocenters. The largest absolute Gasteiger partial charge is 0.147 e. The van der Waals surface area contributed by atoms with Crippen LogP contribution in [0.25, 0.3) is 0 Å². The molecule has 0 aromatic heterocycles. The molecule has 0 fully saturated rings. The summed E-state index contributed by atoms with van der Waals surface area (Å²) in [5.41, 5.74) is 0. The summed E-state index contributed by atoms with van der Waals surface area (Å²) < 4.78 is 5.18. The molecule has 0 aliphatic rings. The van der Waals surface area contributed by atoms with E-state index in [0.29, 0.717) is 0 Å². The van der Waals surface area contributed by atoms with E-state index >= 15 is 0 Å². The number of unbranched alkanes of at least 4 members (excludes halogenated alkanes) is 1. The molecule has 0 aromatic rings. The Morgan fingerprint density at radius 3 is 2.00 bits per heavy atom. The maximum atomic E-state index is 5.18. The van der Waals surface area contributed by atoms with Gasteiger partial charge in [-0.2, -0.15) is 0 Å². The van der Waals surface area contributed by atoms with Crippen molar-refractivity contribution in [3.63, 3.8) is 0 Å². The van der Waals surface area contributed by atoms with Crippen molar-refractivity contribution < 1.29 is 28.0 Å². The third-order valence-corrected chi connectivity index (χ3v) is 2.27. The van der Waals surface area contributed by atoms with Crippen LogP contribution in [0.2, 0.25) is 0 Å². The zero-order valence-electron chi connectivity index (χ0n) is 8.25. The second-order valence-corrected chi connectivity index (χ2v) is 3.44. The van der Waals surface area contributed by atoms with E-state index in [1.807, 2.05) is 0 Å². The molecule has 13 heavy (non-hydrogen) atoms. The normalized spacial score (nSPS) is 10.2. The molecule has 0 heterocycles.